The Morgan fingerprint density at radius 2 is 1.27 bits per heavy atom. The van der Waals surface area contributed by atoms with Crippen molar-refractivity contribution in [2.45, 2.75) is 13.0 Å². The van der Waals surface area contributed by atoms with Gasteiger partial charge in [-0.15, -0.1) is 0 Å². The molecule has 0 radical (unpaired) electrons. The minimum absolute atomic E-state index is 0.206. The normalized spacial score (nSPS) is 11.8. The summed E-state index contributed by atoms with van der Waals surface area (Å²) >= 11 is 3.11. The fourth-order valence-corrected chi connectivity index (χ4v) is 1.65. The molecule has 0 aromatic carbocycles. The summed E-state index contributed by atoms with van der Waals surface area (Å²) in [7, 11) is 0. The van der Waals surface area contributed by atoms with Gasteiger partial charge in [-0.3, -0.25) is 0 Å². The maximum absolute atomic E-state index is 8.68. The topological polar surface area (TPSA) is 80.9 Å². The lowest BCUT2D eigenvalue weighted by Crippen LogP contribution is -2.03. The molecule has 94 valence electrons. The van der Waals surface area contributed by atoms with Gasteiger partial charge in [-0.05, 0) is 6.92 Å². The molecule has 0 spiro atoms. The second kappa shape index (κ2) is 17.0. The van der Waals surface area contributed by atoms with Crippen molar-refractivity contribution in [1.82, 2.24) is 0 Å². The molecule has 0 aromatic rings. The summed E-state index contributed by atoms with van der Waals surface area (Å²) in [6.07, 6.45) is -0.244. The van der Waals surface area contributed by atoms with Gasteiger partial charge >= 0.3 is 0 Å². The van der Waals surface area contributed by atoms with Crippen molar-refractivity contribution in [3.05, 3.63) is 0 Å². The zero-order valence-corrected chi connectivity index (χ0v) is 10.8. The molecule has 4 nitrogen and oxygen atoms in total. The first kappa shape index (κ1) is 17.9. The molecule has 6 heteroatoms. The standard InChI is InChI=1S/C5H12O2S.C4H10O2S/c1-5(7)4-8-3-2-6;5-1-3-7-4-2-6/h5-7H,2-4H2,1H3;5-6H,1-4H2. The van der Waals surface area contributed by atoms with E-state index >= 15 is 0 Å². The van der Waals surface area contributed by atoms with Crippen LogP contribution in [0.15, 0.2) is 0 Å². The van der Waals surface area contributed by atoms with E-state index in [-0.39, 0.29) is 25.9 Å². The number of aliphatic hydroxyl groups excluding tert-OH is 4. The van der Waals surface area contributed by atoms with Crippen LogP contribution in [0.1, 0.15) is 6.92 Å². The van der Waals surface area contributed by atoms with Crippen molar-refractivity contribution < 1.29 is 20.4 Å². The second-order valence-electron chi connectivity index (χ2n) is 2.71. The van der Waals surface area contributed by atoms with E-state index < -0.39 is 0 Å². The van der Waals surface area contributed by atoms with E-state index in [1.807, 2.05) is 0 Å². The van der Waals surface area contributed by atoms with Crippen LogP contribution in [0.4, 0.5) is 0 Å². The first-order valence-corrected chi connectivity index (χ1v) is 7.16. The second-order valence-corrected chi connectivity index (χ2v) is 5.08. The van der Waals surface area contributed by atoms with Crippen LogP contribution in [-0.4, -0.2) is 69.4 Å². The van der Waals surface area contributed by atoms with Gasteiger partial charge in [0.2, 0.25) is 0 Å². The molecule has 0 rings (SSSR count). The zero-order valence-electron chi connectivity index (χ0n) is 9.13. The van der Waals surface area contributed by atoms with Crippen LogP contribution in [0, 0.1) is 0 Å². The smallest absolute Gasteiger partial charge is 0.0602 e. The molecule has 0 amide bonds. The average molecular weight is 258 g/mol. The van der Waals surface area contributed by atoms with Crippen molar-refractivity contribution >= 4 is 23.5 Å². The number of hydrogen-bond acceptors (Lipinski definition) is 6. The van der Waals surface area contributed by atoms with Gasteiger partial charge in [0, 0.05) is 23.0 Å². The van der Waals surface area contributed by atoms with Gasteiger partial charge in [0.15, 0.2) is 0 Å². The van der Waals surface area contributed by atoms with Gasteiger partial charge in [0.05, 0.1) is 25.9 Å². The number of aliphatic hydroxyl groups is 4. The minimum Gasteiger partial charge on any atom is -0.396 e. The Balaban J connectivity index is 0. The van der Waals surface area contributed by atoms with Crippen molar-refractivity contribution in [3.8, 4) is 0 Å². The van der Waals surface area contributed by atoms with E-state index in [0.717, 1.165) is 23.0 Å². The summed E-state index contributed by atoms with van der Waals surface area (Å²) in [6.45, 7) is 2.37. The molecule has 1 unspecified atom stereocenters. The number of hydrogen-bond donors (Lipinski definition) is 4. The first-order chi connectivity index (χ1) is 7.18. The van der Waals surface area contributed by atoms with Gasteiger partial charge in [-0.25, -0.2) is 0 Å². The maximum atomic E-state index is 8.68. The zero-order chi connectivity index (χ0) is 11.9. The Hall–Kier alpha value is 0.540. The Kier molecular flexibility index (Phi) is 20.3. The fraction of sp³-hybridized carbons (Fsp3) is 1.00. The van der Waals surface area contributed by atoms with E-state index in [0.29, 0.717) is 0 Å². The molecule has 0 saturated heterocycles. The van der Waals surface area contributed by atoms with Crippen LogP contribution in [0.2, 0.25) is 0 Å². The minimum atomic E-state index is -0.244. The SMILES string of the molecule is CC(O)CSCCO.OCCSCCO. The molecule has 0 aliphatic rings. The quantitative estimate of drug-likeness (QED) is 0.451. The summed E-state index contributed by atoms with van der Waals surface area (Å²) in [5.41, 5.74) is 0. The van der Waals surface area contributed by atoms with Crippen LogP contribution < -0.4 is 0 Å². The van der Waals surface area contributed by atoms with Crippen LogP contribution >= 0.6 is 23.5 Å². The highest BCUT2D eigenvalue weighted by molar-refractivity contribution is 7.99. The Bertz CT molecular complexity index is 100. The summed E-state index contributed by atoms with van der Waals surface area (Å²) in [5, 5.41) is 33.3. The highest BCUT2D eigenvalue weighted by Crippen LogP contribution is 2.00. The molecule has 0 aromatic heterocycles. The largest absolute Gasteiger partial charge is 0.396 e. The van der Waals surface area contributed by atoms with Crippen molar-refractivity contribution in [2.24, 2.45) is 0 Å². The molecule has 1 atom stereocenters. The summed E-state index contributed by atoms with van der Waals surface area (Å²) in [4.78, 5) is 0. The lowest BCUT2D eigenvalue weighted by Gasteiger charge is -1.99. The summed E-state index contributed by atoms with van der Waals surface area (Å²) in [5.74, 6) is 2.92. The third-order valence-corrected chi connectivity index (χ3v) is 3.20. The Morgan fingerprint density at radius 1 is 0.867 bits per heavy atom. The van der Waals surface area contributed by atoms with Crippen molar-refractivity contribution in [1.29, 1.82) is 0 Å². The molecule has 4 N–H and O–H groups in total. The predicted molar refractivity (Wildman–Crippen MR) is 67.6 cm³/mol. The van der Waals surface area contributed by atoms with Crippen LogP contribution in [0.5, 0.6) is 0 Å². The average Bonchev–Trinajstić information content (AvgIpc) is 2.20. The van der Waals surface area contributed by atoms with Crippen LogP contribution in [0.25, 0.3) is 0 Å². The van der Waals surface area contributed by atoms with Gasteiger partial charge in [-0.2, -0.15) is 23.5 Å². The van der Waals surface area contributed by atoms with Gasteiger partial charge in [0.25, 0.3) is 0 Å². The van der Waals surface area contributed by atoms with E-state index in [2.05, 4.69) is 0 Å². The molecule has 0 bridgehead atoms. The monoisotopic (exact) mass is 258 g/mol. The fourth-order valence-electron chi connectivity index (χ4n) is 0.550. The molecule has 0 fully saturated rings. The molecule has 0 aliphatic carbocycles. The molecule has 0 aliphatic heterocycles. The van der Waals surface area contributed by atoms with E-state index in [9.17, 15) is 0 Å². The molecular weight excluding hydrogens is 236 g/mol. The number of thioether (sulfide) groups is 2. The van der Waals surface area contributed by atoms with Gasteiger partial charge < -0.3 is 20.4 Å². The first-order valence-electron chi connectivity index (χ1n) is 4.85. The van der Waals surface area contributed by atoms with E-state index in [1.54, 1.807) is 30.4 Å². The highest BCUT2D eigenvalue weighted by Gasteiger charge is 1.92. The van der Waals surface area contributed by atoms with E-state index in [1.165, 1.54) is 0 Å². The molecule has 0 heterocycles. The van der Waals surface area contributed by atoms with Gasteiger partial charge in [-0.1, -0.05) is 0 Å². The molecule has 15 heavy (non-hydrogen) atoms. The van der Waals surface area contributed by atoms with Crippen LogP contribution in [0.3, 0.4) is 0 Å². The third kappa shape index (κ3) is 25.1. The maximum Gasteiger partial charge on any atom is 0.0602 e. The molecule has 0 saturated carbocycles. The summed E-state index contributed by atoms with van der Waals surface area (Å²) in [6, 6.07) is 0. The Morgan fingerprint density at radius 3 is 1.60 bits per heavy atom. The van der Waals surface area contributed by atoms with Gasteiger partial charge in [0.1, 0.15) is 0 Å². The van der Waals surface area contributed by atoms with Crippen LogP contribution in [-0.2, 0) is 0 Å². The highest BCUT2D eigenvalue weighted by atomic mass is 32.2. The Labute approximate surface area is 100 Å². The third-order valence-electron chi connectivity index (χ3n) is 1.07. The van der Waals surface area contributed by atoms with Crippen molar-refractivity contribution in [2.75, 3.05) is 42.8 Å². The summed E-state index contributed by atoms with van der Waals surface area (Å²) < 4.78 is 0. The lowest BCUT2D eigenvalue weighted by molar-refractivity contribution is 0.220. The lowest BCUT2D eigenvalue weighted by atomic mass is 10.5. The number of rotatable bonds is 8. The molecular formula is C9H22O4S2. The van der Waals surface area contributed by atoms with E-state index in [4.69, 9.17) is 20.4 Å². The van der Waals surface area contributed by atoms with Crippen molar-refractivity contribution in [3.63, 3.8) is 0 Å². The predicted octanol–water partition coefficient (Wildman–Crippen LogP) is -0.203.